The van der Waals surface area contributed by atoms with Gasteiger partial charge in [-0.1, -0.05) is 30.5 Å². The monoisotopic (exact) mass is 174 g/mol. The van der Waals surface area contributed by atoms with Crippen LogP contribution in [-0.2, 0) is 0 Å². The number of rotatable bonds is 3. The van der Waals surface area contributed by atoms with Gasteiger partial charge in [0.1, 0.15) is 0 Å². The van der Waals surface area contributed by atoms with Crippen LogP contribution in [0.2, 0.25) is 0 Å². The first kappa shape index (κ1) is 7.68. The molecule has 0 radical (unpaired) electrons. The minimum Gasteiger partial charge on any atom is -0.406 e. The van der Waals surface area contributed by atoms with Crippen LogP contribution >= 0.6 is 24.4 Å². The van der Waals surface area contributed by atoms with Gasteiger partial charge in [0.25, 0.3) is 10.4 Å². The molecule has 3 nitrogen and oxygen atoms in total. The first-order valence-electron chi connectivity index (χ1n) is 2.59. The van der Waals surface area contributed by atoms with Crippen molar-refractivity contribution in [2.24, 2.45) is 0 Å². The number of hydrogen-bond acceptors (Lipinski definition) is 5. The molecular formula is C5H6N2OS2. The van der Waals surface area contributed by atoms with Crippen molar-refractivity contribution in [3.05, 3.63) is 12.7 Å². The summed E-state index contributed by atoms with van der Waals surface area (Å²) in [6, 6.07) is 0. The molecule has 5 heteroatoms. The van der Waals surface area contributed by atoms with E-state index in [1.54, 1.807) is 6.08 Å². The lowest BCUT2D eigenvalue weighted by Crippen LogP contribution is -1.72. The molecule has 0 aliphatic rings. The Kier molecular flexibility index (Phi) is 2.82. The standard InChI is InChI=1S/C5H6N2OS2/c1-2-3-10-5-7-6-4(9)8-5/h2H,1,3H2,(H,6,9). The molecule has 0 aromatic carbocycles. The second-order valence-corrected chi connectivity index (χ2v) is 2.80. The first-order chi connectivity index (χ1) is 4.83. The predicted octanol–water partition coefficient (Wildman–Crippen LogP) is 1.64. The largest absolute Gasteiger partial charge is 0.406 e. The number of hydrogen-bond donors (Lipinski definition) is 1. The summed E-state index contributed by atoms with van der Waals surface area (Å²) in [5.74, 6) is 0.773. The van der Waals surface area contributed by atoms with Gasteiger partial charge in [-0.05, 0) is 0 Å². The van der Waals surface area contributed by atoms with E-state index in [1.165, 1.54) is 11.8 Å². The fraction of sp³-hybridized carbons (Fsp3) is 0.200. The molecule has 0 bridgehead atoms. The zero-order chi connectivity index (χ0) is 7.40. The van der Waals surface area contributed by atoms with Gasteiger partial charge in [0, 0.05) is 5.75 Å². The molecule has 0 aliphatic carbocycles. The average Bonchev–Trinajstić information content (AvgIpc) is 2.31. The van der Waals surface area contributed by atoms with E-state index < -0.39 is 0 Å². The van der Waals surface area contributed by atoms with Gasteiger partial charge in [0.15, 0.2) is 0 Å². The molecule has 0 aliphatic heterocycles. The average molecular weight is 174 g/mol. The lowest BCUT2D eigenvalue weighted by Gasteiger charge is -1.84. The maximum Gasteiger partial charge on any atom is 0.277 e. The fourth-order valence-electron chi connectivity index (χ4n) is 0.391. The molecule has 0 spiro atoms. The van der Waals surface area contributed by atoms with Gasteiger partial charge in [-0.25, -0.2) is 0 Å². The van der Waals surface area contributed by atoms with Crippen LogP contribution in [0.4, 0.5) is 0 Å². The summed E-state index contributed by atoms with van der Waals surface area (Å²) in [6.07, 6.45) is 1.77. The third-order valence-corrected chi connectivity index (χ3v) is 1.72. The Bertz CT molecular complexity index is 223. The van der Waals surface area contributed by atoms with Crippen LogP contribution in [-0.4, -0.2) is 16.0 Å². The van der Waals surface area contributed by atoms with Crippen LogP contribution in [0.3, 0.4) is 0 Å². The number of aromatic nitrogens is 2. The summed E-state index contributed by atoms with van der Waals surface area (Å²) >= 11 is 5.28. The quantitative estimate of drug-likeness (QED) is 0.429. The van der Waals surface area contributed by atoms with Crippen LogP contribution in [0, 0.1) is 0 Å². The minimum absolute atomic E-state index is 0.298. The Morgan fingerprint density at radius 3 is 3.00 bits per heavy atom. The molecule has 1 aromatic rings. The fourth-order valence-corrected chi connectivity index (χ4v) is 1.08. The van der Waals surface area contributed by atoms with Crippen molar-refractivity contribution in [3.8, 4) is 0 Å². The molecule has 0 atom stereocenters. The zero-order valence-corrected chi connectivity index (χ0v) is 6.86. The van der Waals surface area contributed by atoms with Crippen LogP contribution < -0.4 is 0 Å². The number of thioether (sulfide) groups is 1. The molecule has 1 heterocycles. The molecule has 10 heavy (non-hydrogen) atoms. The van der Waals surface area contributed by atoms with Crippen molar-refractivity contribution in [3.63, 3.8) is 0 Å². The van der Waals surface area contributed by atoms with Crippen LogP contribution in [0.5, 0.6) is 0 Å². The van der Waals surface area contributed by atoms with E-state index in [1.807, 2.05) is 0 Å². The van der Waals surface area contributed by atoms with Crippen molar-refractivity contribution in [2.75, 3.05) is 5.75 Å². The molecule has 54 valence electrons. The Morgan fingerprint density at radius 1 is 1.70 bits per heavy atom. The normalized spacial score (nSPS) is 9.70. The second-order valence-electron chi connectivity index (χ2n) is 1.45. The van der Waals surface area contributed by atoms with Crippen molar-refractivity contribution < 1.29 is 4.42 Å². The van der Waals surface area contributed by atoms with Gasteiger partial charge < -0.3 is 4.42 Å². The highest BCUT2D eigenvalue weighted by Crippen LogP contribution is 2.16. The second kappa shape index (κ2) is 3.68. The summed E-state index contributed by atoms with van der Waals surface area (Å²) in [5.41, 5.74) is 0. The third kappa shape index (κ3) is 2.07. The molecule has 0 N–H and O–H groups in total. The van der Waals surface area contributed by atoms with Crippen molar-refractivity contribution >= 4 is 24.4 Å². The first-order valence-corrected chi connectivity index (χ1v) is 4.02. The third-order valence-electron chi connectivity index (χ3n) is 0.720. The van der Waals surface area contributed by atoms with E-state index in [9.17, 15) is 0 Å². The molecule has 0 unspecified atom stereocenters. The summed E-state index contributed by atoms with van der Waals surface area (Å²) in [7, 11) is 0. The van der Waals surface area contributed by atoms with E-state index in [4.69, 9.17) is 4.42 Å². The van der Waals surface area contributed by atoms with Gasteiger partial charge >= 0.3 is 0 Å². The van der Waals surface area contributed by atoms with Gasteiger partial charge in [0.05, 0.1) is 0 Å². The molecule has 0 amide bonds. The smallest absolute Gasteiger partial charge is 0.277 e. The SMILES string of the molecule is C=CCSc1nnc(S)o1. The van der Waals surface area contributed by atoms with Crippen LogP contribution in [0.25, 0.3) is 0 Å². The Labute approximate surface area is 68.3 Å². The predicted molar refractivity (Wildman–Crippen MR) is 42.5 cm³/mol. The van der Waals surface area contributed by atoms with Gasteiger partial charge in [0.2, 0.25) is 0 Å². The summed E-state index contributed by atoms with van der Waals surface area (Å²) < 4.78 is 4.94. The summed E-state index contributed by atoms with van der Waals surface area (Å²) in [4.78, 5) is 0. The highest BCUT2D eigenvalue weighted by molar-refractivity contribution is 7.99. The van der Waals surface area contributed by atoms with Gasteiger partial charge in [-0.2, -0.15) is 0 Å². The molecule has 0 fully saturated rings. The Hall–Kier alpha value is -0.420. The summed E-state index contributed by atoms with van der Waals surface area (Å²) in [6.45, 7) is 3.55. The van der Waals surface area contributed by atoms with Crippen molar-refractivity contribution in [1.82, 2.24) is 10.2 Å². The van der Waals surface area contributed by atoms with E-state index in [-0.39, 0.29) is 0 Å². The van der Waals surface area contributed by atoms with Crippen LogP contribution in [0.1, 0.15) is 0 Å². The molecule has 0 saturated carbocycles. The molecule has 1 aromatic heterocycles. The highest BCUT2D eigenvalue weighted by Gasteiger charge is 1.99. The van der Waals surface area contributed by atoms with Gasteiger partial charge in [-0.3, -0.25) is 0 Å². The highest BCUT2D eigenvalue weighted by atomic mass is 32.2. The molecule has 0 saturated heterocycles. The van der Waals surface area contributed by atoms with E-state index in [2.05, 4.69) is 29.4 Å². The topological polar surface area (TPSA) is 38.9 Å². The molecule has 1 rings (SSSR count). The summed E-state index contributed by atoms with van der Waals surface area (Å²) in [5, 5.41) is 8.07. The zero-order valence-electron chi connectivity index (χ0n) is 5.15. The Morgan fingerprint density at radius 2 is 2.50 bits per heavy atom. The van der Waals surface area contributed by atoms with Crippen LogP contribution in [0.15, 0.2) is 27.5 Å². The minimum atomic E-state index is 0.298. The van der Waals surface area contributed by atoms with E-state index >= 15 is 0 Å². The Balaban J connectivity index is 2.49. The van der Waals surface area contributed by atoms with E-state index in [0.717, 1.165) is 5.75 Å². The van der Waals surface area contributed by atoms with Crippen molar-refractivity contribution in [2.45, 2.75) is 10.4 Å². The lowest BCUT2D eigenvalue weighted by molar-refractivity contribution is 0.378. The van der Waals surface area contributed by atoms with E-state index in [0.29, 0.717) is 10.4 Å². The number of nitrogens with zero attached hydrogens (tertiary/aromatic N) is 2. The maximum atomic E-state index is 4.94. The maximum absolute atomic E-state index is 4.94. The lowest BCUT2D eigenvalue weighted by atomic mass is 10.8. The number of thiol groups is 1. The molecular weight excluding hydrogens is 168 g/mol. The van der Waals surface area contributed by atoms with Crippen molar-refractivity contribution in [1.29, 1.82) is 0 Å². The van der Waals surface area contributed by atoms with Gasteiger partial charge in [-0.15, -0.1) is 16.8 Å².